The summed E-state index contributed by atoms with van der Waals surface area (Å²) in [7, 11) is 0. The van der Waals surface area contributed by atoms with Gasteiger partial charge in [0.15, 0.2) is 0 Å². The van der Waals surface area contributed by atoms with Gasteiger partial charge in [0.2, 0.25) is 5.91 Å². The zero-order chi connectivity index (χ0) is 17.2. The topological polar surface area (TPSA) is 66.3 Å². The normalized spacial score (nSPS) is 23.4. The van der Waals surface area contributed by atoms with Crippen molar-refractivity contribution in [3.05, 3.63) is 11.6 Å². The molecule has 154 valence electrons. The van der Waals surface area contributed by atoms with E-state index in [4.69, 9.17) is 0 Å². The molecule has 4 rings (SSSR count). The summed E-state index contributed by atoms with van der Waals surface area (Å²) in [5, 5.41) is 12.2. The van der Waals surface area contributed by atoms with Crippen molar-refractivity contribution in [1.29, 1.82) is 0 Å². The van der Waals surface area contributed by atoms with Crippen molar-refractivity contribution in [2.45, 2.75) is 64.1 Å². The van der Waals surface area contributed by atoms with Gasteiger partial charge in [-0.15, -0.1) is 35.0 Å². The van der Waals surface area contributed by atoms with Crippen molar-refractivity contribution >= 4 is 30.7 Å². The van der Waals surface area contributed by atoms with E-state index in [0.717, 1.165) is 89.6 Å². The van der Waals surface area contributed by atoms with E-state index in [2.05, 4.69) is 36.8 Å². The van der Waals surface area contributed by atoms with Crippen LogP contribution in [-0.4, -0.2) is 69.2 Å². The number of carbonyl (C=O) groups excluding carboxylic acids is 1. The monoisotopic (exact) mass is 418 g/mol. The van der Waals surface area contributed by atoms with Crippen molar-refractivity contribution in [3.63, 3.8) is 0 Å². The van der Waals surface area contributed by atoms with Crippen LogP contribution in [0.25, 0.3) is 0 Å². The fraction of sp³-hybridized carbons (Fsp3) is 0.833. The third-order valence-corrected chi connectivity index (χ3v) is 5.98. The second-order valence-corrected chi connectivity index (χ2v) is 7.60. The lowest BCUT2D eigenvalue weighted by Crippen LogP contribution is -2.48. The number of rotatable bonds is 4. The second kappa shape index (κ2) is 10.0. The van der Waals surface area contributed by atoms with Gasteiger partial charge in [0.05, 0.1) is 12.6 Å². The minimum absolute atomic E-state index is 0. The quantitative estimate of drug-likeness (QED) is 0.807. The Bertz CT molecular complexity index is 617. The van der Waals surface area contributed by atoms with E-state index < -0.39 is 0 Å². The highest BCUT2D eigenvalue weighted by Gasteiger charge is 2.35. The molecule has 1 N–H and O–H groups in total. The van der Waals surface area contributed by atoms with Crippen LogP contribution in [0.2, 0.25) is 0 Å². The van der Waals surface area contributed by atoms with Gasteiger partial charge in [-0.05, 0) is 45.2 Å². The molecule has 4 heterocycles. The first-order chi connectivity index (χ1) is 12.3. The summed E-state index contributed by atoms with van der Waals surface area (Å²) in [6.07, 6.45) is 5.34. The maximum absolute atomic E-state index is 13.0. The molecule has 0 bridgehead atoms. The van der Waals surface area contributed by atoms with Crippen LogP contribution in [0.5, 0.6) is 0 Å². The molecule has 3 aliphatic rings. The average molecular weight is 419 g/mol. The highest BCUT2D eigenvalue weighted by Crippen LogP contribution is 2.29. The Balaban J connectivity index is 0.00000131. The largest absolute Gasteiger partial charge is 0.341 e. The summed E-state index contributed by atoms with van der Waals surface area (Å²) in [4.78, 5) is 17.4. The van der Waals surface area contributed by atoms with E-state index in [1.165, 1.54) is 0 Å². The Morgan fingerprint density at radius 2 is 1.89 bits per heavy atom. The van der Waals surface area contributed by atoms with E-state index in [9.17, 15) is 4.79 Å². The average Bonchev–Trinajstić information content (AvgIpc) is 3.28. The predicted octanol–water partition coefficient (Wildman–Crippen LogP) is 1.81. The number of halogens is 2. The summed E-state index contributed by atoms with van der Waals surface area (Å²) in [5.41, 5.74) is 0. The van der Waals surface area contributed by atoms with Crippen LogP contribution in [0.4, 0.5) is 0 Å². The number of aromatic nitrogens is 3. The molecule has 7 nitrogen and oxygen atoms in total. The minimum Gasteiger partial charge on any atom is -0.341 e. The van der Waals surface area contributed by atoms with Gasteiger partial charge in [-0.3, -0.25) is 9.69 Å². The molecule has 1 atom stereocenters. The van der Waals surface area contributed by atoms with Gasteiger partial charge >= 0.3 is 0 Å². The molecular formula is C18H32Cl2N6O. The summed E-state index contributed by atoms with van der Waals surface area (Å²) in [6.45, 7) is 8.82. The number of amides is 1. The van der Waals surface area contributed by atoms with Crippen LogP contribution in [0, 0.1) is 0 Å². The second-order valence-electron chi connectivity index (χ2n) is 7.60. The molecule has 1 amide bonds. The molecule has 0 saturated carbocycles. The Kier molecular flexibility index (Phi) is 8.34. The Morgan fingerprint density at radius 3 is 2.63 bits per heavy atom. The van der Waals surface area contributed by atoms with Crippen LogP contribution < -0.4 is 5.32 Å². The molecule has 2 saturated heterocycles. The van der Waals surface area contributed by atoms with Crippen LogP contribution in [-0.2, 0) is 17.9 Å². The molecule has 1 aromatic rings. The van der Waals surface area contributed by atoms with Crippen molar-refractivity contribution in [2.24, 2.45) is 0 Å². The Labute approximate surface area is 174 Å². The Morgan fingerprint density at radius 1 is 1.11 bits per heavy atom. The highest BCUT2D eigenvalue weighted by molar-refractivity contribution is 5.85. The number of hydrogen-bond acceptors (Lipinski definition) is 5. The zero-order valence-corrected chi connectivity index (χ0v) is 17.7. The molecule has 1 aromatic heterocycles. The van der Waals surface area contributed by atoms with Crippen LogP contribution >= 0.6 is 24.8 Å². The van der Waals surface area contributed by atoms with Crippen LogP contribution in [0.3, 0.4) is 0 Å². The highest BCUT2D eigenvalue weighted by atomic mass is 35.5. The van der Waals surface area contributed by atoms with Gasteiger partial charge in [0.1, 0.15) is 11.6 Å². The number of piperidine rings is 1. The summed E-state index contributed by atoms with van der Waals surface area (Å²) >= 11 is 0. The third-order valence-electron chi connectivity index (χ3n) is 5.98. The van der Waals surface area contributed by atoms with E-state index in [0.29, 0.717) is 11.8 Å². The summed E-state index contributed by atoms with van der Waals surface area (Å²) in [5.74, 6) is 2.99. The van der Waals surface area contributed by atoms with Crippen LogP contribution in [0.1, 0.15) is 56.6 Å². The first-order valence-electron chi connectivity index (χ1n) is 9.93. The fourth-order valence-corrected chi connectivity index (χ4v) is 4.65. The lowest BCUT2D eigenvalue weighted by atomic mass is 9.95. The van der Waals surface area contributed by atoms with Gasteiger partial charge in [0.25, 0.3) is 0 Å². The van der Waals surface area contributed by atoms with E-state index in [1.54, 1.807) is 0 Å². The lowest BCUT2D eigenvalue weighted by Gasteiger charge is -2.35. The van der Waals surface area contributed by atoms with Crippen LogP contribution in [0.15, 0.2) is 0 Å². The third kappa shape index (κ3) is 4.58. The van der Waals surface area contributed by atoms with Crippen molar-refractivity contribution in [2.75, 3.05) is 32.7 Å². The van der Waals surface area contributed by atoms with Crippen molar-refractivity contribution in [3.8, 4) is 0 Å². The summed E-state index contributed by atoms with van der Waals surface area (Å²) in [6, 6.07) is 0.128. The summed E-state index contributed by atoms with van der Waals surface area (Å²) < 4.78 is 2.29. The molecule has 0 aromatic carbocycles. The van der Waals surface area contributed by atoms with Gasteiger partial charge in [0, 0.05) is 32.1 Å². The number of nitrogens with zero attached hydrogens (tertiary/aromatic N) is 5. The Hall–Kier alpha value is -0.890. The number of nitrogens with one attached hydrogen (secondary N) is 1. The van der Waals surface area contributed by atoms with E-state index in [1.807, 2.05) is 0 Å². The van der Waals surface area contributed by atoms with Gasteiger partial charge in [-0.1, -0.05) is 6.92 Å². The molecular weight excluding hydrogens is 387 g/mol. The molecule has 2 fully saturated rings. The number of likely N-dealkylation sites (tertiary alicyclic amines) is 2. The van der Waals surface area contributed by atoms with Gasteiger partial charge in [-0.25, -0.2) is 0 Å². The van der Waals surface area contributed by atoms with Crippen molar-refractivity contribution < 1.29 is 4.79 Å². The molecule has 0 spiro atoms. The minimum atomic E-state index is 0. The standard InChI is InChI=1S/C18H30N6O.2ClH/c1-2-8-22-9-3-4-15(22)18(25)23-10-5-14(6-11-23)17-21-20-16-13-19-7-12-24(16)17;;/h14-15,19H,2-13H2,1H3;2*1H. The number of fused-ring (bicyclic) bond motifs is 1. The SMILES string of the molecule is CCCN1CCCC1C(=O)N1CCC(c2nnc3n2CCNC3)CC1.Cl.Cl. The molecule has 27 heavy (non-hydrogen) atoms. The molecule has 9 heteroatoms. The first-order valence-corrected chi connectivity index (χ1v) is 9.93. The smallest absolute Gasteiger partial charge is 0.239 e. The maximum atomic E-state index is 13.0. The fourth-order valence-electron chi connectivity index (χ4n) is 4.65. The van der Waals surface area contributed by atoms with Crippen molar-refractivity contribution in [1.82, 2.24) is 29.9 Å². The van der Waals surface area contributed by atoms with Gasteiger partial charge in [-0.2, -0.15) is 0 Å². The lowest BCUT2D eigenvalue weighted by molar-refractivity contribution is -0.137. The molecule has 1 unspecified atom stereocenters. The predicted molar refractivity (Wildman–Crippen MR) is 110 cm³/mol. The molecule has 3 aliphatic heterocycles. The number of carbonyl (C=O) groups is 1. The number of hydrogen-bond donors (Lipinski definition) is 1. The maximum Gasteiger partial charge on any atom is 0.239 e. The zero-order valence-electron chi connectivity index (χ0n) is 16.1. The van der Waals surface area contributed by atoms with E-state index >= 15 is 0 Å². The van der Waals surface area contributed by atoms with E-state index in [-0.39, 0.29) is 30.9 Å². The molecule has 0 aliphatic carbocycles. The molecule has 0 radical (unpaired) electrons. The van der Waals surface area contributed by atoms with Gasteiger partial charge < -0.3 is 14.8 Å². The first kappa shape index (κ1) is 22.4.